The topological polar surface area (TPSA) is 50.2 Å². The number of carbonyl (C=O) groups is 1. The Labute approximate surface area is 270 Å². The van der Waals surface area contributed by atoms with Gasteiger partial charge in [0.15, 0.2) is 5.78 Å². The van der Waals surface area contributed by atoms with E-state index in [0.717, 1.165) is 42.0 Å². The van der Waals surface area contributed by atoms with Crippen molar-refractivity contribution in [3.05, 3.63) is 78.7 Å². The molecule has 6 rings (SSSR count). The van der Waals surface area contributed by atoms with Crippen molar-refractivity contribution in [3.8, 4) is 0 Å². The van der Waals surface area contributed by atoms with Crippen LogP contribution in [0.4, 0.5) is 0 Å². The van der Waals surface area contributed by atoms with E-state index in [4.69, 9.17) is 4.98 Å². The van der Waals surface area contributed by atoms with Crippen molar-refractivity contribution in [2.45, 2.75) is 67.2 Å². The fourth-order valence-electron chi connectivity index (χ4n) is 5.21. The molecule has 0 unspecified atom stereocenters. The molecule has 221 valence electrons. The van der Waals surface area contributed by atoms with Crippen LogP contribution in [-0.4, -0.2) is 15.9 Å². The van der Waals surface area contributed by atoms with Gasteiger partial charge in [0.05, 0.1) is 0 Å². The maximum absolute atomic E-state index is 12.2. The first kappa shape index (κ1) is 32.3. The predicted molar refractivity (Wildman–Crippen MR) is 179 cm³/mol. The van der Waals surface area contributed by atoms with Crippen molar-refractivity contribution in [2.75, 3.05) is 0 Å². The molecular weight excluding hydrogens is 735 g/mol. The molecule has 3 nitrogen and oxygen atoms in total. The summed E-state index contributed by atoms with van der Waals surface area (Å²) in [4.78, 5) is 16.9. The first-order valence-corrected chi connectivity index (χ1v) is 16.2. The molecule has 0 spiro atoms. The summed E-state index contributed by atoms with van der Waals surface area (Å²) in [6.07, 6.45) is 6.68. The number of allylic oxidation sites excluding steroid dienone is 2. The Morgan fingerprint density at radius 2 is 1.43 bits per heavy atom. The molecule has 3 aromatic heterocycles. The molecule has 6 aromatic rings. The number of thiophene rings is 1. The molecule has 3 heterocycles. The average Bonchev–Trinajstić information content (AvgIpc) is 3.33. The van der Waals surface area contributed by atoms with E-state index in [1.54, 1.807) is 0 Å². The van der Waals surface area contributed by atoms with Gasteiger partial charge in [0, 0.05) is 68.2 Å². The van der Waals surface area contributed by atoms with Crippen LogP contribution in [0.25, 0.3) is 51.2 Å². The van der Waals surface area contributed by atoms with E-state index in [1.165, 1.54) is 41.0 Å². The number of hydrogen-bond acceptors (Lipinski definition) is 5. The maximum Gasteiger partial charge on any atom is 0.164 e. The van der Waals surface area contributed by atoms with E-state index in [2.05, 4.69) is 60.7 Å². The van der Waals surface area contributed by atoms with Crippen molar-refractivity contribution in [1.29, 1.82) is 0 Å². The number of hydrogen-bond donors (Lipinski definition) is 1. The number of aliphatic hydroxyl groups is 1. The van der Waals surface area contributed by atoms with Crippen LogP contribution in [0.2, 0.25) is 0 Å². The standard InChI is InChI=1S/C21H10NS2.C15H28O2.Ir/c1-2-5-13-11-18-14(10-12(13)4-1)21-20-17(8-9-22-21)23-15-6-3-7-16(24-18)19(15)20;1-7-14(5,8-2)12(16)11-13(17)15(6,9-3)10-4;/h1-9,11H;11,16H,7-10H2,1-6H3;/q-1;;/b;12-11-;. The molecule has 1 N–H and O–H groups in total. The number of benzene rings is 3. The van der Waals surface area contributed by atoms with Crippen molar-refractivity contribution >= 4 is 79.7 Å². The third-order valence-corrected chi connectivity index (χ3v) is 11.4. The van der Waals surface area contributed by atoms with Crippen molar-refractivity contribution in [1.82, 2.24) is 4.98 Å². The summed E-state index contributed by atoms with van der Waals surface area (Å²) in [5, 5.41) is 16.3. The number of ketones is 1. The van der Waals surface area contributed by atoms with Crippen molar-refractivity contribution in [3.63, 3.8) is 0 Å². The van der Waals surface area contributed by atoms with Crippen LogP contribution in [-0.2, 0) is 24.9 Å². The summed E-state index contributed by atoms with van der Waals surface area (Å²) in [5.41, 5.74) is 0.464. The van der Waals surface area contributed by atoms with Crippen LogP contribution >= 0.6 is 22.7 Å². The SMILES string of the molecule is CCC(C)(CC)C(=O)/C=C(\O)C(C)(CC)CC.[Ir].[c-]1c2ccccc2cc2sc3cccc4sc5ccnc(c12)c5c34. The zero-order valence-corrected chi connectivity index (χ0v) is 29.2. The average molecular weight is 773 g/mol. The molecule has 42 heavy (non-hydrogen) atoms. The zero-order chi connectivity index (χ0) is 29.4. The quantitative estimate of drug-likeness (QED) is 0.0999. The minimum Gasteiger partial charge on any atom is -0.512 e. The Kier molecular flexibility index (Phi) is 9.94. The number of fused-ring (bicyclic) bond motifs is 3. The summed E-state index contributed by atoms with van der Waals surface area (Å²) in [7, 11) is 0. The maximum atomic E-state index is 12.2. The Hall–Kier alpha value is -2.63. The molecule has 0 atom stereocenters. The number of carbonyl (C=O) groups excluding carboxylic acids is 1. The molecule has 0 amide bonds. The minimum atomic E-state index is -0.337. The molecule has 0 aliphatic rings. The number of aromatic nitrogens is 1. The van der Waals surface area contributed by atoms with Crippen LogP contribution in [0.5, 0.6) is 0 Å². The van der Waals surface area contributed by atoms with Gasteiger partial charge < -0.3 is 5.11 Å². The predicted octanol–water partition coefficient (Wildman–Crippen LogP) is 11.4. The van der Waals surface area contributed by atoms with Crippen LogP contribution in [0.15, 0.2) is 72.6 Å². The second-order valence-electron chi connectivity index (χ2n) is 11.4. The molecule has 6 heteroatoms. The molecule has 0 bridgehead atoms. The van der Waals surface area contributed by atoms with Gasteiger partial charge in [-0.05, 0) is 54.0 Å². The fraction of sp³-hybridized carbons (Fsp3) is 0.333. The second kappa shape index (κ2) is 12.9. The van der Waals surface area contributed by atoms with E-state index < -0.39 is 0 Å². The first-order chi connectivity index (χ1) is 19.7. The number of nitrogens with zero attached hydrogens (tertiary/aromatic N) is 1. The van der Waals surface area contributed by atoms with E-state index >= 15 is 0 Å². The number of pyridine rings is 1. The number of rotatable bonds is 7. The Morgan fingerprint density at radius 3 is 2.07 bits per heavy atom. The van der Waals surface area contributed by atoms with Crippen LogP contribution in [0.1, 0.15) is 67.2 Å². The normalized spacial score (nSPS) is 12.6. The molecule has 0 aliphatic carbocycles. The van der Waals surface area contributed by atoms with Crippen LogP contribution in [0.3, 0.4) is 0 Å². The monoisotopic (exact) mass is 773 g/mol. The minimum absolute atomic E-state index is 0. The third kappa shape index (κ3) is 5.79. The zero-order valence-electron chi connectivity index (χ0n) is 25.1. The molecular formula is C36H38IrNO2S2-. The van der Waals surface area contributed by atoms with Gasteiger partial charge in [-0.3, -0.25) is 9.78 Å². The first-order valence-electron chi connectivity index (χ1n) is 14.6. The molecule has 0 fully saturated rings. The largest absolute Gasteiger partial charge is 0.512 e. The number of aliphatic hydroxyl groups excluding tert-OH is 1. The van der Waals surface area contributed by atoms with Gasteiger partial charge in [-0.15, -0.1) is 34.9 Å². The van der Waals surface area contributed by atoms with Crippen LogP contribution < -0.4 is 0 Å². The molecule has 1 radical (unpaired) electrons. The summed E-state index contributed by atoms with van der Waals surface area (Å²) in [6, 6.07) is 23.1. The van der Waals surface area contributed by atoms with Gasteiger partial charge in [0.25, 0.3) is 0 Å². The van der Waals surface area contributed by atoms with Gasteiger partial charge in [-0.1, -0.05) is 76.6 Å². The van der Waals surface area contributed by atoms with Gasteiger partial charge in [-0.2, -0.15) is 11.3 Å². The van der Waals surface area contributed by atoms with Gasteiger partial charge in [0.2, 0.25) is 0 Å². The summed E-state index contributed by atoms with van der Waals surface area (Å²) in [5.74, 6) is 0.286. The van der Waals surface area contributed by atoms with Gasteiger partial charge in [-0.25, -0.2) is 0 Å². The second-order valence-corrected chi connectivity index (χ2v) is 13.6. The summed E-state index contributed by atoms with van der Waals surface area (Å²) < 4.78 is 5.19. The molecule has 0 aliphatic heterocycles. The third-order valence-electron chi connectivity index (χ3n) is 9.18. The smallest absolute Gasteiger partial charge is 0.164 e. The van der Waals surface area contributed by atoms with E-state index in [-0.39, 0.29) is 42.5 Å². The van der Waals surface area contributed by atoms with E-state index in [0.29, 0.717) is 0 Å². The fourth-order valence-corrected chi connectivity index (χ4v) is 7.54. The summed E-state index contributed by atoms with van der Waals surface area (Å²) >= 11 is 3.69. The Bertz CT molecular complexity index is 1910. The Balaban J connectivity index is 0.000000203. The van der Waals surface area contributed by atoms with Gasteiger partial charge in [0.1, 0.15) is 5.76 Å². The van der Waals surface area contributed by atoms with E-state index in [9.17, 15) is 9.90 Å². The van der Waals surface area contributed by atoms with Crippen LogP contribution in [0, 0.1) is 16.9 Å². The summed E-state index contributed by atoms with van der Waals surface area (Å²) in [6.45, 7) is 12.1. The van der Waals surface area contributed by atoms with Crippen molar-refractivity contribution < 1.29 is 30.0 Å². The van der Waals surface area contributed by atoms with Gasteiger partial charge >= 0.3 is 0 Å². The molecule has 0 saturated heterocycles. The van der Waals surface area contributed by atoms with E-state index in [1.807, 2.05) is 70.4 Å². The molecule has 3 aromatic carbocycles. The molecule has 0 saturated carbocycles. The Morgan fingerprint density at radius 1 is 0.833 bits per heavy atom. The van der Waals surface area contributed by atoms with Crippen molar-refractivity contribution in [2.24, 2.45) is 10.8 Å².